The largest absolute Gasteiger partial charge is 0.871 e. The van der Waals surface area contributed by atoms with Crippen molar-refractivity contribution < 1.29 is 18.4 Å². The van der Waals surface area contributed by atoms with E-state index in [2.05, 4.69) is 4.72 Å². The minimum absolute atomic E-state index is 0.0501. The van der Waals surface area contributed by atoms with Crippen LogP contribution in [0.3, 0.4) is 0 Å². The summed E-state index contributed by atoms with van der Waals surface area (Å²) in [5.74, 6) is -0.623. The van der Waals surface area contributed by atoms with Crippen molar-refractivity contribution >= 4 is 21.4 Å². The minimum atomic E-state index is -3.98. The average Bonchev–Trinajstić information content (AvgIpc) is 2.56. The molecule has 0 atom stereocenters. The topological polar surface area (TPSA) is 112 Å². The molecule has 1 aliphatic carbocycles. The molecule has 3 rings (SSSR count). The van der Waals surface area contributed by atoms with Crippen LogP contribution in [-0.2, 0) is 22.9 Å². The monoisotopic (exact) mass is 347 g/mol. The van der Waals surface area contributed by atoms with E-state index < -0.39 is 20.7 Å². The van der Waals surface area contributed by atoms with E-state index in [9.17, 15) is 23.6 Å². The lowest BCUT2D eigenvalue weighted by Gasteiger charge is -2.18. The smallest absolute Gasteiger partial charge is 0.271 e. The highest BCUT2D eigenvalue weighted by molar-refractivity contribution is 7.92. The van der Waals surface area contributed by atoms with Crippen molar-refractivity contribution in [2.24, 2.45) is 0 Å². The highest BCUT2D eigenvalue weighted by atomic mass is 32.2. The standard InChI is InChI=1S/C16H16N2O5S/c19-16-8-6-13(18(20)21)10-15(16)17-24(22,23)14-7-5-11-3-1-2-4-12(11)9-14/h5-10,17,19H,1-4H2/p-1. The van der Waals surface area contributed by atoms with Crippen LogP contribution in [0.4, 0.5) is 11.4 Å². The fourth-order valence-corrected chi connectivity index (χ4v) is 3.90. The molecule has 7 nitrogen and oxygen atoms in total. The molecule has 0 aliphatic heterocycles. The van der Waals surface area contributed by atoms with Crippen molar-refractivity contribution in [3.8, 4) is 5.75 Å². The highest BCUT2D eigenvalue weighted by Crippen LogP contribution is 2.29. The first-order chi connectivity index (χ1) is 11.4. The first-order valence-corrected chi connectivity index (χ1v) is 8.95. The van der Waals surface area contributed by atoms with Gasteiger partial charge in [-0.1, -0.05) is 17.9 Å². The van der Waals surface area contributed by atoms with Gasteiger partial charge in [-0.15, -0.1) is 0 Å². The summed E-state index contributed by atoms with van der Waals surface area (Å²) >= 11 is 0. The van der Waals surface area contributed by atoms with Crippen LogP contribution in [0.25, 0.3) is 0 Å². The number of nitro groups is 1. The molecule has 0 heterocycles. The average molecular weight is 347 g/mol. The molecule has 2 aromatic rings. The zero-order valence-corrected chi connectivity index (χ0v) is 13.5. The summed E-state index contributed by atoms with van der Waals surface area (Å²) in [5.41, 5.74) is 1.45. The lowest BCUT2D eigenvalue weighted by Crippen LogP contribution is -2.15. The Morgan fingerprint density at radius 1 is 1.00 bits per heavy atom. The Hall–Kier alpha value is -2.61. The number of nitrogens with one attached hydrogen (secondary N) is 1. The molecule has 126 valence electrons. The fraction of sp³-hybridized carbons (Fsp3) is 0.250. The highest BCUT2D eigenvalue weighted by Gasteiger charge is 2.19. The number of aryl methyl sites for hydroxylation is 2. The number of nitrogens with zero attached hydrogens (tertiary/aromatic N) is 1. The van der Waals surface area contributed by atoms with Crippen LogP contribution < -0.4 is 9.83 Å². The van der Waals surface area contributed by atoms with E-state index in [0.717, 1.165) is 55.0 Å². The predicted octanol–water partition coefficient (Wildman–Crippen LogP) is 2.35. The number of fused-ring (bicyclic) bond motifs is 1. The summed E-state index contributed by atoms with van der Waals surface area (Å²) in [6.45, 7) is 0. The van der Waals surface area contributed by atoms with E-state index in [0.29, 0.717) is 0 Å². The van der Waals surface area contributed by atoms with Crippen molar-refractivity contribution in [1.82, 2.24) is 0 Å². The van der Waals surface area contributed by atoms with Gasteiger partial charge in [0.2, 0.25) is 0 Å². The van der Waals surface area contributed by atoms with Gasteiger partial charge < -0.3 is 5.11 Å². The third-order valence-electron chi connectivity index (χ3n) is 4.05. The molecule has 0 saturated carbocycles. The van der Waals surface area contributed by atoms with E-state index in [4.69, 9.17) is 0 Å². The van der Waals surface area contributed by atoms with Crippen molar-refractivity contribution in [3.05, 3.63) is 57.6 Å². The molecule has 8 heteroatoms. The van der Waals surface area contributed by atoms with Crippen molar-refractivity contribution in [3.63, 3.8) is 0 Å². The van der Waals surface area contributed by atoms with Gasteiger partial charge in [0, 0.05) is 17.8 Å². The van der Waals surface area contributed by atoms with Crippen LogP contribution in [0.1, 0.15) is 24.0 Å². The molecular formula is C16H15N2O5S-. The van der Waals surface area contributed by atoms with Gasteiger partial charge >= 0.3 is 0 Å². The van der Waals surface area contributed by atoms with Gasteiger partial charge in [-0.25, -0.2) is 8.42 Å². The summed E-state index contributed by atoms with van der Waals surface area (Å²) in [5, 5.41) is 22.6. The van der Waals surface area contributed by atoms with E-state index in [1.54, 1.807) is 12.1 Å². The first-order valence-electron chi connectivity index (χ1n) is 7.47. The number of nitro benzene ring substituents is 1. The molecule has 0 aromatic heterocycles. The van der Waals surface area contributed by atoms with Crippen LogP contribution in [-0.4, -0.2) is 13.3 Å². The quantitative estimate of drug-likeness (QED) is 0.674. The van der Waals surface area contributed by atoms with Gasteiger partial charge in [0.25, 0.3) is 15.7 Å². The molecule has 2 aromatic carbocycles. The summed E-state index contributed by atoms with van der Waals surface area (Å²) in [6, 6.07) is 7.84. The number of hydrogen-bond acceptors (Lipinski definition) is 5. The molecule has 1 aliphatic rings. The Balaban J connectivity index is 1.94. The second-order valence-corrected chi connectivity index (χ2v) is 7.36. The zero-order chi connectivity index (χ0) is 17.3. The number of non-ortho nitro benzene ring substituents is 1. The summed E-state index contributed by atoms with van der Waals surface area (Å²) in [6.07, 6.45) is 3.85. The number of rotatable bonds is 4. The molecule has 0 fully saturated rings. The maximum Gasteiger partial charge on any atom is 0.271 e. The van der Waals surface area contributed by atoms with E-state index in [1.807, 2.05) is 0 Å². The lowest BCUT2D eigenvalue weighted by molar-refractivity contribution is -0.385. The SMILES string of the molecule is O=[N+]([O-])c1ccc([O-])c(NS(=O)(=O)c2ccc3c(c2)CCCC3)c1. The van der Waals surface area contributed by atoms with E-state index in [-0.39, 0.29) is 16.3 Å². The Kier molecular flexibility index (Phi) is 4.15. The van der Waals surface area contributed by atoms with Crippen LogP contribution in [0.15, 0.2) is 41.3 Å². The molecule has 0 saturated heterocycles. The third kappa shape index (κ3) is 3.18. The lowest BCUT2D eigenvalue weighted by atomic mass is 9.92. The zero-order valence-electron chi connectivity index (χ0n) is 12.7. The maximum atomic E-state index is 12.5. The van der Waals surface area contributed by atoms with Crippen molar-refractivity contribution in [2.75, 3.05) is 4.72 Å². The van der Waals surface area contributed by atoms with E-state index in [1.165, 1.54) is 6.07 Å². The molecule has 0 unspecified atom stereocenters. The maximum absolute atomic E-state index is 12.5. The van der Waals surface area contributed by atoms with E-state index >= 15 is 0 Å². The minimum Gasteiger partial charge on any atom is -0.871 e. The van der Waals surface area contributed by atoms with Gasteiger partial charge in [0.1, 0.15) is 0 Å². The Morgan fingerprint density at radius 3 is 2.42 bits per heavy atom. The molecule has 1 N–H and O–H groups in total. The predicted molar refractivity (Wildman–Crippen MR) is 86.4 cm³/mol. The van der Waals surface area contributed by atoms with Gasteiger partial charge in [0.05, 0.1) is 9.82 Å². The van der Waals surface area contributed by atoms with Gasteiger partial charge in [0.15, 0.2) is 0 Å². The van der Waals surface area contributed by atoms with Crippen molar-refractivity contribution in [1.29, 1.82) is 0 Å². The van der Waals surface area contributed by atoms with Crippen LogP contribution >= 0.6 is 0 Å². The Labute approximate surface area is 139 Å². The van der Waals surface area contributed by atoms with Crippen LogP contribution in [0, 0.1) is 10.1 Å². The molecule has 0 amide bonds. The molecule has 24 heavy (non-hydrogen) atoms. The van der Waals surface area contributed by atoms with Crippen molar-refractivity contribution in [2.45, 2.75) is 30.6 Å². The molecular weight excluding hydrogens is 332 g/mol. The molecule has 0 bridgehead atoms. The Bertz CT molecular complexity index is 909. The van der Waals surface area contributed by atoms with Gasteiger partial charge in [-0.2, -0.15) is 0 Å². The number of anilines is 1. The number of sulfonamides is 1. The van der Waals surface area contributed by atoms with Gasteiger partial charge in [-0.3, -0.25) is 14.8 Å². The van der Waals surface area contributed by atoms with Gasteiger partial charge in [-0.05, 0) is 48.9 Å². The Morgan fingerprint density at radius 2 is 1.71 bits per heavy atom. The summed E-state index contributed by atoms with van der Waals surface area (Å²) < 4.78 is 27.2. The number of benzene rings is 2. The van der Waals surface area contributed by atoms with Crippen LogP contribution in [0.5, 0.6) is 5.75 Å². The molecule has 0 spiro atoms. The molecule has 0 radical (unpaired) electrons. The fourth-order valence-electron chi connectivity index (χ4n) is 2.79. The number of hydrogen-bond donors (Lipinski definition) is 1. The summed E-state index contributed by atoms with van der Waals surface area (Å²) in [4.78, 5) is 10.2. The first kappa shape index (κ1) is 16.3. The second-order valence-electron chi connectivity index (χ2n) is 5.68. The normalized spacial score (nSPS) is 14.0. The van der Waals surface area contributed by atoms with Crippen LogP contribution in [0.2, 0.25) is 0 Å². The third-order valence-corrected chi connectivity index (χ3v) is 5.41. The second kappa shape index (κ2) is 6.12. The summed E-state index contributed by atoms with van der Waals surface area (Å²) in [7, 11) is -3.98.